The Kier molecular flexibility index (Phi) is 3.34. The molecule has 0 saturated heterocycles. The van der Waals surface area contributed by atoms with E-state index in [0.29, 0.717) is 22.5 Å². The lowest BCUT2D eigenvalue weighted by Gasteiger charge is -2.04. The highest BCUT2D eigenvalue weighted by atomic mass is 127. The van der Waals surface area contributed by atoms with E-state index in [9.17, 15) is 0 Å². The highest BCUT2D eigenvalue weighted by Crippen LogP contribution is 2.22. The van der Waals surface area contributed by atoms with E-state index in [2.05, 4.69) is 42.5 Å². The van der Waals surface area contributed by atoms with E-state index in [4.69, 9.17) is 11.6 Å². The van der Waals surface area contributed by atoms with Gasteiger partial charge in [0.1, 0.15) is 16.7 Å². The van der Waals surface area contributed by atoms with Crippen LogP contribution >= 0.6 is 34.2 Å². The van der Waals surface area contributed by atoms with Gasteiger partial charge in [-0.3, -0.25) is 0 Å². The summed E-state index contributed by atoms with van der Waals surface area (Å²) in [4.78, 5) is 16.8. The van der Waals surface area contributed by atoms with E-state index in [0.717, 1.165) is 9.26 Å². The van der Waals surface area contributed by atoms with Crippen LogP contribution in [-0.2, 0) is 0 Å². The van der Waals surface area contributed by atoms with Crippen LogP contribution in [0.1, 0.15) is 11.5 Å². The van der Waals surface area contributed by atoms with E-state index in [-0.39, 0.29) is 0 Å². The Morgan fingerprint density at radius 3 is 2.56 bits per heavy atom. The van der Waals surface area contributed by atoms with Crippen molar-refractivity contribution in [3.05, 3.63) is 32.5 Å². The van der Waals surface area contributed by atoms with Gasteiger partial charge in [0, 0.05) is 6.20 Å². The summed E-state index contributed by atoms with van der Waals surface area (Å²) in [5.74, 6) is 1.22. The molecule has 0 spiro atoms. The first-order valence-electron chi connectivity index (χ1n) is 4.57. The van der Waals surface area contributed by atoms with Crippen LogP contribution in [-0.4, -0.2) is 19.9 Å². The molecule has 4 nitrogen and oxygen atoms in total. The minimum Gasteiger partial charge on any atom is -0.242 e. The maximum atomic E-state index is 6.01. The van der Waals surface area contributed by atoms with Gasteiger partial charge < -0.3 is 0 Å². The number of aromatic nitrogens is 4. The van der Waals surface area contributed by atoms with Crippen molar-refractivity contribution < 1.29 is 0 Å². The number of rotatable bonds is 1. The van der Waals surface area contributed by atoms with Crippen molar-refractivity contribution in [2.75, 3.05) is 0 Å². The van der Waals surface area contributed by atoms with Crippen molar-refractivity contribution in [1.29, 1.82) is 0 Å². The molecule has 0 aromatic carbocycles. The number of hydrogen-bond donors (Lipinski definition) is 0. The molecule has 0 bridgehead atoms. The summed E-state index contributed by atoms with van der Waals surface area (Å²) in [7, 11) is 0. The van der Waals surface area contributed by atoms with E-state index in [1.807, 2.05) is 13.8 Å². The van der Waals surface area contributed by atoms with Crippen LogP contribution in [0.5, 0.6) is 0 Å². The molecule has 2 aromatic heterocycles. The Labute approximate surface area is 112 Å². The van der Waals surface area contributed by atoms with Crippen molar-refractivity contribution in [1.82, 2.24) is 19.9 Å². The summed E-state index contributed by atoms with van der Waals surface area (Å²) in [6, 6.07) is 1.77. The second-order valence-corrected chi connectivity index (χ2v) is 4.66. The Morgan fingerprint density at radius 1 is 1.19 bits per heavy atom. The first kappa shape index (κ1) is 11.7. The quantitative estimate of drug-likeness (QED) is 0.588. The molecular formula is C10H8ClIN4. The summed E-state index contributed by atoms with van der Waals surface area (Å²) in [5, 5.41) is 0.458. The van der Waals surface area contributed by atoms with Crippen molar-refractivity contribution >= 4 is 34.2 Å². The minimum absolute atomic E-state index is 0.458. The average molecular weight is 347 g/mol. The highest BCUT2D eigenvalue weighted by molar-refractivity contribution is 14.1. The number of halogens is 2. The van der Waals surface area contributed by atoms with Crippen molar-refractivity contribution in [3.8, 4) is 11.5 Å². The highest BCUT2D eigenvalue weighted by Gasteiger charge is 2.10. The molecule has 0 amide bonds. The molecule has 2 rings (SSSR count). The van der Waals surface area contributed by atoms with Crippen molar-refractivity contribution in [2.45, 2.75) is 13.8 Å². The lowest BCUT2D eigenvalue weighted by atomic mass is 10.3. The van der Waals surface area contributed by atoms with Gasteiger partial charge >= 0.3 is 0 Å². The summed E-state index contributed by atoms with van der Waals surface area (Å²) in [6.45, 7) is 3.72. The SMILES string of the molecule is Cc1nccc(-c2nc(C)c(I)c(Cl)n2)n1. The van der Waals surface area contributed by atoms with Crippen LogP contribution in [0.4, 0.5) is 0 Å². The smallest absolute Gasteiger partial charge is 0.180 e. The first-order chi connectivity index (χ1) is 7.58. The third-order valence-electron chi connectivity index (χ3n) is 1.98. The summed E-state index contributed by atoms with van der Waals surface area (Å²) in [6.07, 6.45) is 1.68. The van der Waals surface area contributed by atoms with Gasteiger partial charge in [-0.1, -0.05) is 11.6 Å². The van der Waals surface area contributed by atoms with Crippen LogP contribution in [0.25, 0.3) is 11.5 Å². The molecule has 0 N–H and O–H groups in total. The van der Waals surface area contributed by atoms with Crippen LogP contribution in [0.3, 0.4) is 0 Å². The largest absolute Gasteiger partial charge is 0.242 e. The maximum Gasteiger partial charge on any atom is 0.180 e. The second kappa shape index (κ2) is 4.58. The van der Waals surface area contributed by atoms with Gasteiger partial charge in [0.2, 0.25) is 0 Å². The second-order valence-electron chi connectivity index (χ2n) is 3.23. The summed E-state index contributed by atoms with van der Waals surface area (Å²) >= 11 is 8.13. The van der Waals surface area contributed by atoms with Crippen LogP contribution in [0.15, 0.2) is 12.3 Å². The third kappa shape index (κ3) is 2.30. The Morgan fingerprint density at radius 2 is 1.94 bits per heavy atom. The van der Waals surface area contributed by atoms with Gasteiger partial charge in [-0.2, -0.15) is 0 Å². The van der Waals surface area contributed by atoms with Gasteiger partial charge in [-0.25, -0.2) is 19.9 Å². The topological polar surface area (TPSA) is 51.6 Å². The lowest BCUT2D eigenvalue weighted by molar-refractivity contribution is 1.02. The zero-order valence-electron chi connectivity index (χ0n) is 8.70. The van der Waals surface area contributed by atoms with Crippen LogP contribution < -0.4 is 0 Å². The van der Waals surface area contributed by atoms with Gasteiger partial charge in [-0.05, 0) is 42.5 Å². The van der Waals surface area contributed by atoms with Gasteiger partial charge in [-0.15, -0.1) is 0 Å². The fourth-order valence-electron chi connectivity index (χ4n) is 1.22. The molecule has 0 unspecified atom stereocenters. The Balaban J connectivity index is 2.57. The van der Waals surface area contributed by atoms with Crippen molar-refractivity contribution in [3.63, 3.8) is 0 Å². The molecule has 0 radical (unpaired) electrons. The predicted octanol–water partition coefficient (Wildman–Crippen LogP) is 2.81. The molecule has 0 aliphatic heterocycles. The fraction of sp³-hybridized carbons (Fsp3) is 0.200. The average Bonchev–Trinajstić information content (AvgIpc) is 2.25. The minimum atomic E-state index is 0.458. The molecule has 0 fully saturated rings. The number of nitrogens with zero attached hydrogens (tertiary/aromatic N) is 4. The standard InChI is InChI=1S/C10H8ClIN4/c1-5-8(12)9(11)16-10(14-5)7-3-4-13-6(2)15-7/h3-4H,1-2H3. The molecule has 2 heterocycles. The van der Waals surface area contributed by atoms with E-state index in [1.165, 1.54) is 0 Å². The zero-order chi connectivity index (χ0) is 11.7. The Hall–Kier alpha value is -0.820. The van der Waals surface area contributed by atoms with Crippen LogP contribution in [0.2, 0.25) is 5.15 Å². The monoisotopic (exact) mass is 346 g/mol. The number of hydrogen-bond acceptors (Lipinski definition) is 4. The van der Waals surface area contributed by atoms with Gasteiger partial charge in [0.25, 0.3) is 0 Å². The molecule has 0 atom stereocenters. The number of aryl methyl sites for hydroxylation is 2. The van der Waals surface area contributed by atoms with E-state index in [1.54, 1.807) is 12.3 Å². The summed E-state index contributed by atoms with van der Waals surface area (Å²) < 4.78 is 0.869. The molecule has 82 valence electrons. The van der Waals surface area contributed by atoms with Crippen LogP contribution in [0, 0.1) is 17.4 Å². The molecule has 6 heteroatoms. The fourth-order valence-corrected chi connectivity index (χ4v) is 1.68. The van der Waals surface area contributed by atoms with Crippen molar-refractivity contribution in [2.24, 2.45) is 0 Å². The van der Waals surface area contributed by atoms with Gasteiger partial charge in [0.15, 0.2) is 5.82 Å². The first-order valence-corrected chi connectivity index (χ1v) is 6.03. The molecule has 0 aliphatic carbocycles. The zero-order valence-corrected chi connectivity index (χ0v) is 11.6. The van der Waals surface area contributed by atoms with E-state index < -0.39 is 0 Å². The third-order valence-corrected chi connectivity index (χ3v) is 3.87. The molecule has 0 aliphatic rings. The summed E-state index contributed by atoms with van der Waals surface area (Å²) in [5.41, 5.74) is 1.54. The molecule has 2 aromatic rings. The van der Waals surface area contributed by atoms with Gasteiger partial charge in [0.05, 0.1) is 9.26 Å². The van der Waals surface area contributed by atoms with E-state index >= 15 is 0 Å². The molecule has 0 saturated carbocycles. The molecule has 16 heavy (non-hydrogen) atoms. The normalized spacial score (nSPS) is 10.5. The Bertz CT molecular complexity index is 521. The maximum absolute atomic E-state index is 6.01. The lowest BCUT2D eigenvalue weighted by Crippen LogP contribution is -1.99. The predicted molar refractivity (Wildman–Crippen MR) is 70.3 cm³/mol. The molecular weight excluding hydrogens is 338 g/mol.